The maximum absolute atomic E-state index is 10.0. The summed E-state index contributed by atoms with van der Waals surface area (Å²) in [5, 5.41) is 22.5. The van der Waals surface area contributed by atoms with Crippen molar-refractivity contribution >= 4 is 35.3 Å². The first kappa shape index (κ1) is 27.0. The molecule has 0 aromatic carbocycles. The van der Waals surface area contributed by atoms with Crippen LogP contribution in [0.15, 0.2) is 43.0 Å². The molecule has 0 aliphatic heterocycles. The summed E-state index contributed by atoms with van der Waals surface area (Å²) in [5.74, 6) is 2.06. The predicted molar refractivity (Wildman–Crippen MR) is 135 cm³/mol. The van der Waals surface area contributed by atoms with Crippen molar-refractivity contribution in [2.24, 2.45) is 5.41 Å². The third-order valence-electron chi connectivity index (χ3n) is 4.64. The Labute approximate surface area is 204 Å². The summed E-state index contributed by atoms with van der Waals surface area (Å²) >= 11 is 2.95. The van der Waals surface area contributed by atoms with E-state index >= 15 is 0 Å². The molecule has 0 fully saturated rings. The summed E-state index contributed by atoms with van der Waals surface area (Å²) in [7, 11) is 1.50. The first-order valence-electron chi connectivity index (χ1n) is 10.8. The van der Waals surface area contributed by atoms with Gasteiger partial charge in [-0.2, -0.15) is 0 Å². The number of aromatic nitrogens is 2. The number of aliphatic hydroxyl groups is 1. The Bertz CT molecular complexity index is 941. The van der Waals surface area contributed by atoms with Gasteiger partial charge in [-0.3, -0.25) is 5.32 Å². The number of nitrogens with one attached hydrogen (secondary N) is 2. The van der Waals surface area contributed by atoms with E-state index in [1.165, 1.54) is 35.7 Å². The van der Waals surface area contributed by atoms with Crippen molar-refractivity contribution in [3.05, 3.63) is 45.3 Å². The maximum Gasteiger partial charge on any atom is 0.367 e. The third kappa shape index (κ3) is 7.65. The molecule has 0 bridgehead atoms. The number of hydrogen-bond donors (Lipinski definition) is 3. The zero-order chi connectivity index (χ0) is 24.6. The number of rotatable bonds is 12. The molecule has 9 nitrogen and oxygen atoms in total. The fourth-order valence-corrected chi connectivity index (χ4v) is 4.61. The van der Waals surface area contributed by atoms with E-state index in [1.807, 2.05) is 18.4 Å². The fourth-order valence-electron chi connectivity index (χ4n) is 2.90. The maximum atomic E-state index is 10.0. The first-order valence-corrected chi connectivity index (χ1v) is 12.4. The van der Waals surface area contributed by atoms with E-state index in [2.05, 4.69) is 54.7 Å². The molecule has 0 spiro atoms. The van der Waals surface area contributed by atoms with Crippen molar-refractivity contribution in [2.45, 2.75) is 54.5 Å². The molecular weight excluding hydrogens is 462 g/mol. The van der Waals surface area contributed by atoms with Crippen molar-refractivity contribution in [3.63, 3.8) is 0 Å². The van der Waals surface area contributed by atoms with Gasteiger partial charge in [0.15, 0.2) is 0 Å². The lowest BCUT2D eigenvalue weighted by Gasteiger charge is -2.27. The van der Waals surface area contributed by atoms with Crippen LogP contribution in [0.1, 0.15) is 58.9 Å². The quantitative estimate of drug-likeness (QED) is 0.258. The molecule has 0 saturated carbocycles. The Hall–Kier alpha value is -2.24. The second-order valence-corrected chi connectivity index (χ2v) is 10.7. The van der Waals surface area contributed by atoms with Crippen molar-refractivity contribution < 1.29 is 23.9 Å². The summed E-state index contributed by atoms with van der Waals surface area (Å²) in [5.41, 5.74) is 0.880. The summed E-state index contributed by atoms with van der Waals surface area (Å²) in [6.45, 7) is 16.0. The number of aliphatic hydroxyl groups excluding tert-OH is 1. The number of thioether (sulfide) groups is 1. The van der Waals surface area contributed by atoms with Crippen LogP contribution in [-0.4, -0.2) is 34.8 Å². The number of allylic oxidation sites excluding steroid dienone is 1. The van der Waals surface area contributed by atoms with E-state index in [1.54, 1.807) is 19.4 Å². The van der Waals surface area contributed by atoms with E-state index < -0.39 is 0 Å². The molecule has 1 atom stereocenters. The fraction of sp³-hybridized carbons (Fsp3) is 0.545. The Balaban J connectivity index is 2.18. The average Bonchev–Trinajstić information content (AvgIpc) is 3.35. The van der Waals surface area contributed by atoms with Gasteiger partial charge in [-0.1, -0.05) is 51.0 Å². The van der Waals surface area contributed by atoms with E-state index in [4.69, 9.17) is 13.9 Å². The molecule has 2 rings (SSSR count). The van der Waals surface area contributed by atoms with Crippen LogP contribution in [0, 0.1) is 12.3 Å². The van der Waals surface area contributed by atoms with Gasteiger partial charge >= 0.3 is 11.6 Å². The zero-order valence-corrected chi connectivity index (χ0v) is 22.3. The molecule has 0 unspecified atom stereocenters. The summed E-state index contributed by atoms with van der Waals surface area (Å²) in [4.78, 5) is 6.51. The number of hydrogen-bond acceptors (Lipinski definition) is 10. The number of anilines is 2. The van der Waals surface area contributed by atoms with Crippen molar-refractivity contribution in [1.82, 2.24) is 9.46 Å². The van der Waals surface area contributed by atoms with Gasteiger partial charge in [0.25, 0.3) is 0 Å². The van der Waals surface area contributed by atoms with Gasteiger partial charge in [0.05, 0.1) is 10.5 Å². The third-order valence-corrected chi connectivity index (χ3v) is 7.17. The summed E-state index contributed by atoms with van der Waals surface area (Å²) in [6, 6.07) is 1.85. The minimum Gasteiger partial charge on any atom is -0.511 e. The zero-order valence-electron chi connectivity index (χ0n) is 20.6. The van der Waals surface area contributed by atoms with Crippen molar-refractivity contribution in [1.29, 1.82) is 0 Å². The Morgan fingerprint density at radius 3 is 2.58 bits per heavy atom. The molecule has 2 aromatic heterocycles. The lowest BCUT2D eigenvalue weighted by Crippen LogP contribution is -2.42. The molecular formula is C22H36N5O4S2+. The largest absolute Gasteiger partial charge is 0.511 e. The molecule has 0 amide bonds. The van der Waals surface area contributed by atoms with Crippen LogP contribution in [0.2, 0.25) is 0 Å². The first-order chi connectivity index (χ1) is 15.6. The van der Waals surface area contributed by atoms with Gasteiger partial charge in [0.2, 0.25) is 0 Å². The lowest BCUT2D eigenvalue weighted by atomic mass is 9.85. The minimum atomic E-state index is -0.171. The topological polar surface area (TPSA) is 99.8 Å². The SMILES string of the molecule is CCN(CC)S/C(S/C=C/Nc1no[n+](OC)c1N[C@@H](c1cc(C)co1)C(C)(C)C)=C(/C)O. The van der Waals surface area contributed by atoms with Gasteiger partial charge in [-0.25, -0.2) is 4.31 Å². The highest BCUT2D eigenvalue weighted by molar-refractivity contribution is 8.22. The van der Waals surface area contributed by atoms with Crippen molar-refractivity contribution in [2.75, 3.05) is 30.8 Å². The Morgan fingerprint density at radius 2 is 2.06 bits per heavy atom. The van der Waals surface area contributed by atoms with Crippen LogP contribution in [0.5, 0.6) is 0 Å². The molecule has 3 N–H and O–H groups in total. The molecule has 0 radical (unpaired) electrons. The van der Waals surface area contributed by atoms with Gasteiger partial charge < -0.3 is 19.7 Å². The number of aryl methyl sites for hydroxylation is 1. The van der Waals surface area contributed by atoms with Crippen LogP contribution >= 0.6 is 23.7 Å². The molecule has 0 aliphatic carbocycles. The highest BCUT2D eigenvalue weighted by Crippen LogP contribution is 2.37. The van der Waals surface area contributed by atoms with E-state index in [0.717, 1.165) is 28.7 Å². The van der Waals surface area contributed by atoms with Crippen LogP contribution < -0.4 is 20.4 Å². The summed E-state index contributed by atoms with van der Waals surface area (Å²) < 4.78 is 14.0. The highest BCUT2D eigenvalue weighted by Gasteiger charge is 2.36. The standard InChI is InChI=1S/C22H35N5O4S2/c1-9-26(10-2)33-21(16(4)28)32-12-11-23-19-20(27(29-8)31-25-19)24-18(22(5,6)7)17-13-15(3)14-30-17/h11-14,18H,9-10H2,1-8H3,(H2,23,25,28)/p+1/b12-11+,21-16-/t18-/m0/s1. The van der Waals surface area contributed by atoms with E-state index in [9.17, 15) is 5.11 Å². The summed E-state index contributed by atoms with van der Waals surface area (Å²) in [6.07, 6.45) is 3.47. The predicted octanol–water partition coefficient (Wildman–Crippen LogP) is 5.47. The van der Waals surface area contributed by atoms with Gasteiger partial charge in [-0.05, 0) is 42.8 Å². The minimum absolute atomic E-state index is 0.164. The smallest absolute Gasteiger partial charge is 0.367 e. The average molecular weight is 499 g/mol. The van der Waals surface area contributed by atoms with Gasteiger partial charge in [0.1, 0.15) is 34.7 Å². The normalized spacial score (nSPS) is 14.0. The molecule has 2 heterocycles. The van der Waals surface area contributed by atoms with Crippen LogP contribution in [0.4, 0.5) is 11.6 Å². The Kier molecular flexibility index (Phi) is 10.1. The van der Waals surface area contributed by atoms with Crippen LogP contribution in [-0.2, 0) is 0 Å². The molecule has 0 saturated heterocycles. The van der Waals surface area contributed by atoms with E-state index in [0.29, 0.717) is 11.6 Å². The van der Waals surface area contributed by atoms with Gasteiger partial charge in [-0.15, -0.1) is 0 Å². The molecule has 184 valence electrons. The van der Waals surface area contributed by atoms with Crippen LogP contribution in [0.3, 0.4) is 0 Å². The molecule has 33 heavy (non-hydrogen) atoms. The number of nitrogens with zero attached hydrogens (tertiary/aromatic N) is 3. The Morgan fingerprint density at radius 1 is 1.36 bits per heavy atom. The van der Waals surface area contributed by atoms with Crippen LogP contribution in [0.25, 0.3) is 0 Å². The van der Waals surface area contributed by atoms with Gasteiger partial charge in [0, 0.05) is 24.7 Å². The molecule has 11 heteroatoms. The highest BCUT2D eigenvalue weighted by atomic mass is 32.2. The monoisotopic (exact) mass is 498 g/mol. The van der Waals surface area contributed by atoms with E-state index in [-0.39, 0.29) is 17.2 Å². The lowest BCUT2D eigenvalue weighted by molar-refractivity contribution is -1.01. The second kappa shape index (κ2) is 12.3. The number of furan rings is 1. The molecule has 0 aliphatic rings. The van der Waals surface area contributed by atoms with Crippen molar-refractivity contribution in [3.8, 4) is 0 Å². The molecule has 2 aromatic rings. The second-order valence-electron chi connectivity index (χ2n) is 8.42.